The monoisotopic (exact) mass is 425 g/mol. The lowest BCUT2D eigenvalue weighted by Crippen LogP contribution is -2.39. The van der Waals surface area contributed by atoms with Crippen molar-refractivity contribution in [3.63, 3.8) is 0 Å². The van der Waals surface area contributed by atoms with Crippen LogP contribution in [0, 0.1) is 5.82 Å². The van der Waals surface area contributed by atoms with Crippen LogP contribution in [0.4, 0.5) is 13.2 Å². The summed E-state index contributed by atoms with van der Waals surface area (Å²) in [6, 6.07) is 9.49. The Morgan fingerprint density at radius 1 is 1.10 bits per heavy atom. The summed E-state index contributed by atoms with van der Waals surface area (Å²) in [7, 11) is 6.57. The van der Waals surface area contributed by atoms with Crippen LogP contribution in [0.25, 0.3) is 0 Å². The highest BCUT2D eigenvalue weighted by atomic mass is 19.3. The number of guanidine groups is 1. The highest BCUT2D eigenvalue weighted by molar-refractivity contribution is 5.79. The van der Waals surface area contributed by atoms with E-state index in [9.17, 15) is 13.2 Å². The van der Waals surface area contributed by atoms with Crippen LogP contribution in [0.1, 0.15) is 11.1 Å². The predicted octanol–water partition coefficient (Wildman–Crippen LogP) is 3.69. The molecule has 2 aromatic rings. The van der Waals surface area contributed by atoms with Crippen molar-refractivity contribution in [2.24, 2.45) is 4.99 Å². The first-order chi connectivity index (χ1) is 14.4. The molecular weight excluding hydrogens is 399 g/mol. The van der Waals surface area contributed by atoms with Gasteiger partial charge in [0, 0.05) is 32.7 Å². The number of nitrogens with zero attached hydrogens (tertiary/aromatic N) is 2. The Morgan fingerprint density at radius 2 is 1.83 bits per heavy atom. The third-order valence-corrected chi connectivity index (χ3v) is 4.47. The molecule has 0 aliphatic carbocycles. The Bertz CT molecular complexity index is 863. The molecule has 164 valence electrons. The molecule has 0 atom stereocenters. The predicted molar refractivity (Wildman–Crippen MR) is 109 cm³/mol. The van der Waals surface area contributed by atoms with Gasteiger partial charge >= 0.3 is 6.61 Å². The van der Waals surface area contributed by atoms with Crippen LogP contribution in [0.2, 0.25) is 0 Å². The SMILES string of the molecule is CN=C(NCc1c(F)cccc1OC(F)F)N(C)CCc1ccc(OC)c(OC)c1. The molecule has 0 radical (unpaired) electrons. The van der Waals surface area contributed by atoms with Gasteiger partial charge in [0.25, 0.3) is 0 Å². The summed E-state index contributed by atoms with van der Waals surface area (Å²) in [5, 5.41) is 2.98. The fraction of sp³-hybridized carbons (Fsp3) is 0.381. The normalized spacial score (nSPS) is 11.4. The highest BCUT2D eigenvalue weighted by Crippen LogP contribution is 2.27. The summed E-state index contributed by atoms with van der Waals surface area (Å²) >= 11 is 0. The van der Waals surface area contributed by atoms with Crippen molar-refractivity contribution in [1.82, 2.24) is 10.2 Å². The minimum Gasteiger partial charge on any atom is -0.493 e. The zero-order valence-electron chi connectivity index (χ0n) is 17.4. The van der Waals surface area contributed by atoms with E-state index in [0.29, 0.717) is 30.4 Å². The van der Waals surface area contributed by atoms with Crippen molar-refractivity contribution in [2.75, 3.05) is 34.9 Å². The number of hydrogen-bond acceptors (Lipinski definition) is 4. The van der Waals surface area contributed by atoms with Gasteiger partial charge in [-0.1, -0.05) is 12.1 Å². The van der Waals surface area contributed by atoms with Crippen molar-refractivity contribution in [3.8, 4) is 17.2 Å². The Morgan fingerprint density at radius 3 is 2.47 bits per heavy atom. The molecule has 0 spiro atoms. The third-order valence-electron chi connectivity index (χ3n) is 4.47. The summed E-state index contributed by atoms with van der Waals surface area (Å²) in [5.74, 6) is 0.941. The molecule has 0 aromatic heterocycles. The Hall–Kier alpha value is -3.10. The van der Waals surface area contributed by atoms with Gasteiger partial charge in [-0.3, -0.25) is 4.99 Å². The summed E-state index contributed by atoms with van der Waals surface area (Å²) in [4.78, 5) is 6.02. The molecule has 9 heteroatoms. The number of likely N-dealkylation sites (N-methyl/N-ethyl adjacent to an activating group) is 1. The Balaban J connectivity index is 2.00. The lowest BCUT2D eigenvalue weighted by Gasteiger charge is -2.23. The van der Waals surface area contributed by atoms with E-state index in [1.54, 1.807) is 21.3 Å². The highest BCUT2D eigenvalue weighted by Gasteiger charge is 2.15. The molecule has 0 fully saturated rings. The molecule has 0 aliphatic heterocycles. The minimum absolute atomic E-state index is 0.00670. The van der Waals surface area contributed by atoms with Gasteiger partial charge in [-0.25, -0.2) is 4.39 Å². The van der Waals surface area contributed by atoms with Gasteiger partial charge in [-0.05, 0) is 36.2 Å². The summed E-state index contributed by atoms with van der Waals surface area (Å²) in [5.41, 5.74) is 1.05. The standard InChI is InChI=1S/C21H26F3N3O3/c1-25-21(26-13-15-16(22)6-5-7-17(15)30-20(23)24)27(2)11-10-14-8-9-18(28-3)19(12-14)29-4/h5-9,12,20H,10-11,13H2,1-4H3,(H,25,26). The molecule has 0 unspecified atom stereocenters. The molecule has 0 aliphatic rings. The van der Waals surface area contributed by atoms with Crippen LogP contribution in [0.5, 0.6) is 17.2 Å². The molecule has 2 aromatic carbocycles. The first-order valence-corrected chi connectivity index (χ1v) is 9.24. The number of hydrogen-bond donors (Lipinski definition) is 1. The maximum Gasteiger partial charge on any atom is 0.387 e. The molecule has 0 saturated carbocycles. The maximum atomic E-state index is 14.1. The summed E-state index contributed by atoms with van der Waals surface area (Å²) in [6.45, 7) is -2.48. The van der Waals surface area contributed by atoms with Crippen molar-refractivity contribution in [1.29, 1.82) is 0 Å². The van der Waals surface area contributed by atoms with Crippen molar-refractivity contribution in [3.05, 3.63) is 53.3 Å². The summed E-state index contributed by atoms with van der Waals surface area (Å²) in [6.07, 6.45) is 0.691. The van der Waals surface area contributed by atoms with Crippen LogP contribution in [-0.2, 0) is 13.0 Å². The van der Waals surface area contributed by atoms with E-state index in [-0.39, 0.29) is 17.9 Å². The van der Waals surface area contributed by atoms with Crippen LogP contribution < -0.4 is 19.5 Å². The summed E-state index contributed by atoms with van der Waals surface area (Å²) < 4.78 is 54.2. The zero-order valence-corrected chi connectivity index (χ0v) is 17.4. The second kappa shape index (κ2) is 11.2. The molecule has 30 heavy (non-hydrogen) atoms. The lowest BCUT2D eigenvalue weighted by molar-refractivity contribution is -0.0506. The number of ether oxygens (including phenoxy) is 3. The van der Waals surface area contributed by atoms with Gasteiger partial charge in [0.15, 0.2) is 17.5 Å². The van der Waals surface area contributed by atoms with Crippen molar-refractivity contribution >= 4 is 5.96 Å². The molecule has 0 saturated heterocycles. The van der Waals surface area contributed by atoms with E-state index in [2.05, 4.69) is 15.0 Å². The Labute approximate surface area is 174 Å². The average Bonchev–Trinajstić information content (AvgIpc) is 2.73. The largest absolute Gasteiger partial charge is 0.493 e. The van der Waals surface area contributed by atoms with Gasteiger partial charge in [0.05, 0.1) is 14.2 Å². The molecule has 0 heterocycles. The van der Waals surface area contributed by atoms with E-state index in [4.69, 9.17) is 9.47 Å². The molecular formula is C21H26F3N3O3. The number of benzene rings is 2. The number of halogens is 3. The molecule has 0 amide bonds. The third kappa shape index (κ3) is 6.20. The lowest BCUT2D eigenvalue weighted by atomic mass is 10.1. The van der Waals surface area contributed by atoms with Gasteiger partial charge < -0.3 is 24.4 Å². The second-order valence-corrected chi connectivity index (χ2v) is 6.36. The first-order valence-electron chi connectivity index (χ1n) is 9.24. The fourth-order valence-corrected chi connectivity index (χ4v) is 2.91. The molecule has 6 nitrogen and oxygen atoms in total. The van der Waals surface area contributed by atoms with E-state index in [1.165, 1.54) is 18.2 Å². The van der Waals surface area contributed by atoms with Crippen LogP contribution >= 0.6 is 0 Å². The quantitative estimate of drug-likeness (QED) is 0.491. The smallest absolute Gasteiger partial charge is 0.387 e. The maximum absolute atomic E-state index is 14.1. The number of alkyl halides is 2. The van der Waals surface area contributed by atoms with Gasteiger partial charge in [-0.15, -0.1) is 0 Å². The van der Waals surface area contributed by atoms with Crippen molar-refractivity contribution < 1.29 is 27.4 Å². The Kier molecular flexibility index (Phi) is 8.64. The van der Waals surface area contributed by atoms with Gasteiger partial charge in [0.2, 0.25) is 0 Å². The minimum atomic E-state index is -3.03. The molecule has 1 N–H and O–H groups in total. The van der Waals surface area contributed by atoms with Crippen LogP contribution in [0.3, 0.4) is 0 Å². The van der Waals surface area contributed by atoms with Crippen LogP contribution in [-0.4, -0.2) is 52.3 Å². The van der Waals surface area contributed by atoms with E-state index in [0.717, 1.165) is 5.56 Å². The average molecular weight is 425 g/mol. The van der Waals surface area contributed by atoms with Gasteiger partial charge in [0.1, 0.15) is 11.6 Å². The van der Waals surface area contributed by atoms with Gasteiger partial charge in [-0.2, -0.15) is 8.78 Å². The van der Waals surface area contributed by atoms with E-state index in [1.807, 2.05) is 30.1 Å². The number of nitrogens with one attached hydrogen (secondary N) is 1. The first kappa shape index (κ1) is 23.2. The number of rotatable bonds is 9. The van der Waals surface area contributed by atoms with E-state index < -0.39 is 12.4 Å². The van der Waals surface area contributed by atoms with Crippen molar-refractivity contribution in [2.45, 2.75) is 19.6 Å². The number of methoxy groups -OCH3 is 2. The number of aliphatic imine (C=N–C) groups is 1. The second-order valence-electron chi connectivity index (χ2n) is 6.36. The van der Waals surface area contributed by atoms with E-state index >= 15 is 0 Å². The van der Waals surface area contributed by atoms with Crippen LogP contribution in [0.15, 0.2) is 41.4 Å². The topological polar surface area (TPSA) is 55.3 Å². The molecule has 0 bridgehead atoms. The fourth-order valence-electron chi connectivity index (χ4n) is 2.91. The zero-order chi connectivity index (χ0) is 22.1. The molecule has 2 rings (SSSR count).